The number of rotatable bonds is 7. The summed E-state index contributed by atoms with van der Waals surface area (Å²) in [4.78, 5) is 0. The summed E-state index contributed by atoms with van der Waals surface area (Å²) in [7, 11) is 0. The summed E-state index contributed by atoms with van der Waals surface area (Å²) in [6.07, 6.45) is 2.55. The van der Waals surface area contributed by atoms with E-state index in [-0.39, 0.29) is 12.5 Å². The predicted octanol–water partition coefficient (Wildman–Crippen LogP) is 3.38. The van der Waals surface area contributed by atoms with Crippen LogP contribution >= 0.6 is 11.6 Å². The van der Waals surface area contributed by atoms with Gasteiger partial charge in [0.2, 0.25) is 0 Å². The van der Waals surface area contributed by atoms with E-state index < -0.39 is 5.60 Å². The van der Waals surface area contributed by atoms with Crippen LogP contribution in [0.25, 0.3) is 0 Å². The van der Waals surface area contributed by atoms with E-state index in [0.717, 1.165) is 12.1 Å². The van der Waals surface area contributed by atoms with Crippen LogP contribution in [0, 0.1) is 5.92 Å². The Balaban J connectivity index is 1.91. The molecule has 1 aliphatic rings. The van der Waals surface area contributed by atoms with E-state index in [1.165, 1.54) is 12.8 Å². The highest BCUT2D eigenvalue weighted by Gasteiger charge is 2.26. The quantitative estimate of drug-likeness (QED) is 0.811. The minimum atomic E-state index is -0.852. The summed E-state index contributed by atoms with van der Waals surface area (Å²) in [6, 6.07) is 6.51. The van der Waals surface area contributed by atoms with E-state index in [2.05, 4.69) is 5.32 Å². The third kappa shape index (κ3) is 4.37. The first-order chi connectivity index (χ1) is 9.38. The molecule has 1 atom stereocenters. The number of halogens is 1. The van der Waals surface area contributed by atoms with Crippen molar-refractivity contribution in [2.24, 2.45) is 5.92 Å². The zero-order chi connectivity index (χ0) is 14.8. The van der Waals surface area contributed by atoms with Crippen molar-refractivity contribution in [2.75, 3.05) is 6.61 Å². The maximum atomic E-state index is 10.2. The first kappa shape index (κ1) is 15.6. The molecule has 4 heteroatoms. The van der Waals surface area contributed by atoms with Gasteiger partial charge in [0.1, 0.15) is 12.4 Å². The fourth-order valence-electron chi connectivity index (χ4n) is 1.71. The molecule has 2 rings (SSSR count). The summed E-state index contributed by atoms with van der Waals surface area (Å²) in [5.41, 5.74) is 0.306. The molecule has 0 aliphatic heterocycles. The summed E-state index contributed by atoms with van der Waals surface area (Å²) in [5, 5.41) is 14.2. The van der Waals surface area contributed by atoms with Gasteiger partial charge < -0.3 is 15.2 Å². The van der Waals surface area contributed by atoms with Crippen LogP contribution < -0.4 is 10.1 Å². The summed E-state index contributed by atoms with van der Waals surface area (Å²) >= 11 is 6.23. The van der Waals surface area contributed by atoms with Gasteiger partial charge in [0.25, 0.3) is 0 Å². The molecule has 1 saturated carbocycles. The van der Waals surface area contributed by atoms with Crippen molar-refractivity contribution in [3.05, 3.63) is 28.8 Å². The van der Waals surface area contributed by atoms with Crippen LogP contribution in [0.3, 0.4) is 0 Å². The Kier molecular flexibility index (Phi) is 4.95. The summed E-state index contributed by atoms with van der Waals surface area (Å²) in [5.74, 6) is 0.756. The number of nitrogens with one attached hydrogen (secondary N) is 1. The Morgan fingerprint density at radius 2 is 2.15 bits per heavy atom. The maximum Gasteiger partial charge on any atom is 0.138 e. The van der Waals surface area contributed by atoms with Gasteiger partial charge in [-0.3, -0.25) is 0 Å². The van der Waals surface area contributed by atoms with E-state index in [9.17, 15) is 5.11 Å². The first-order valence-corrected chi connectivity index (χ1v) is 7.63. The van der Waals surface area contributed by atoms with E-state index in [0.29, 0.717) is 16.8 Å². The van der Waals surface area contributed by atoms with Crippen LogP contribution in [0.1, 0.15) is 39.2 Å². The minimum absolute atomic E-state index is 0.128. The fourth-order valence-corrected chi connectivity index (χ4v) is 1.97. The molecular weight excluding hydrogens is 274 g/mol. The van der Waals surface area contributed by atoms with Gasteiger partial charge in [-0.1, -0.05) is 31.5 Å². The van der Waals surface area contributed by atoms with Crippen molar-refractivity contribution >= 4 is 11.6 Å². The Bertz CT molecular complexity index is 456. The zero-order valence-corrected chi connectivity index (χ0v) is 13.2. The number of hydrogen-bond donors (Lipinski definition) is 2. The van der Waals surface area contributed by atoms with Gasteiger partial charge in [0, 0.05) is 12.6 Å². The Morgan fingerprint density at radius 1 is 1.45 bits per heavy atom. The molecule has 0 amide bonds. The first-order valence-electron chi connectivity index (χ1n) is 7.25. The topological polar surface area (TPSA) is 41.5 Å². The van der Waals surface area contributed by atoms with Gasteiger partial charge >= 0.3 is 0 Å². The Hall–Kier alpha value is -0.770. The van der Waals surface area contributed by atoms with Crippen LogP contribution in [0.5, 0.6) is 5.75 Å². The fraction of sp³-hybridized carbons (Fsp3) is 0.625. The minimum Gasteiger partial charge on any atom is -0.489 e. The molecule has 1 fully saturated rings. The number of hydrogen-bond acceptors (Lipinski definition) is 3. The van der Waals surface area contributed by atoms with Crippen molar-refractivity contribution in [3.63, 3.8) is 0 Å². The average Bonchev–Trinajstić information content (AvgIpc) is 3.19. The molecule has 0 spiro atoms. The highest BCUT2D eigenvalue weighted by atomic mass is 35.5. The van der Waals surface area contributed by atoms with Gasteiger partial charge in [-0.15, -0.1) is 0 Å². The normalized spacial score (nSPS) is 18.1. The van der Waals surface area contributed by atoms with Crippen molar-refractivity contribution in [1.29, 1.82) is 0 Å². The molecule has 1 aromatic rings. The third-order valence-corrected chi connectivity index (χ3v) is 4.23. The molecular formula is C16H24ClNO2. The highest BCUT2D eigenvalue weighted by molar-refractivity contribution is 6.32. The molecule has 0 bridgehead atoms. The molecule has 1 aliphatic carbocycles. The molecule has 0 heterocycles. The van der Waals surface area contributed by atoms with Crippen LogP contribution in [0.15, 0.2) is 18.2 Å². The monoisotopic (exact) mass is 297 g/mol. The van der Waals surface area contributed by atoms with Gasteiger partial charge in [-0.25, -0.2) is 0 Å². The number of aliphatic hydroxyl groups is 1. The lowest BCUT2D eigenvalue weighted by Crippen LogP contribution is -2.37. The second kappa shape index (κ2) is 6.33. The van der Waals surface area contributed by atoms with Crippen molar-refractivity contribution in [1.82, 2.24) is 5.32 Å². The van der Waals surface area contributed by atoms with Crippen LogP contribution in [-0.4, -0.2) is 23.4 Å². The molecule has 20 heavy (non-hydrogen) atoms. The second-order valence-electron chi connectivity index (χ2n) is 6.22. The van der Waals surface area contributed by atoms with Gasteiger partial charge in [0.05, 0.1) is 10.6 Å². The molecule has 3 nitrogen and oxygen atoms in total. The molecule has 0 saturated heterocycles. The average molecular weight is 298 g/mol. The van der Waals surface area contributed by atoms with Crippen molar-refractivity contribution in [2.45, 2.75) is 51.8 Å². The van der Waals surface area contributed by atoms with Crippen LogP contribution in [-0.2, 0) is 6.54 Å². The van der Waals surface area contributed by atoms with Crippen molar-refractivity contribution in [3.8, 4) is 5.75 Å². The lowest BCUT2D eigenvalue weighted by atomic mass is 9.94. The summed E-state index contributed by atoms with van der Waals surface area (Å²) < 4.78 is 5.65. The smallest absolute Gasteiger partial charge is 0.138 e. The predicted molar refractivity (Wildman–Crippen MR) is 82.3 cm³/mol. The molecule has 1 aromatic carbocycles. The molecule has 112 valence electrons. The maximum absolute atomic E-state index is 10.2. The van der Waals surface area contributed by atoms with Crippen molar-refractivity contribution < 1.29 is 9.84 Å². The van der Waals surface area contributed by atoms with E-state index in [1.54, 1.807) is 6.92 Å². The zero-order valence-electron chi connectivity index (χ0n) is 12.4. The SMILES string of the molecule is CC(C)C(C)(O)COc1ccc(CNC2CC2)cc1Cl. The lowest BCUT2D eigenvalue weighted by Gasteiger charge is -2.27. The third-order valence-electron chi connectivity index (χ3n) is 3.93. The van der Waals surface area contributed by atoms with Crippen LogP contribution in [0.4, 0.5) is 0 Å². The van der Waals surface area contributed by atoms with E-state index in [4.69, 9.17) is 16.3 Å². The van der Waals surface area contributed by atoms with Gasteiger partial charge in [-0.2, -0.15) is 0 Å². The molecule has 1 unspecified atom stereocenters. The Morgan fingerprint density at radius 3 is 2.70 bits per heavy atom. The Labute approximate surface area is 126 Å². The van der Waals surface area contributed by atoms with Gasteiger partial charge in [-0.05, 0) is 43.4 Å². The van der Waals surface area contributed by atoms with E-state index >= 15 is 0 Å². The standard InChI is InChI=1S/C16H24ClNO2/c1-11(2)16(3,19)10-20-15-7-4-12(8-14(15)17)9-18-13-5-6-13/h4,7-8,11,13,18-19H,5-6,9-10H2,1-3H3. The summed E-state index contributed by atoms with van der Waals surface area (Å²) in [6.45, 7) is 6.80. The number of ether oxygens (including phenoxy) is 1. The lowest BCUT2D eigenvalue weighted by molar-refractivity contribution is -0.0266. The highest BCUT2D eigenvalue weighted by Crippen LogP contribution is 2.28. The molecule has 0 aromatic heterocycles. The molecule has 0 radical (unpaired) electrons. The van der Waals surface area contributed by atoms with Gasteiger partial charge in [0.15, 0.2) is 0 Å². The molecule has 2 N–H and O–H groups in total. The largest absolute Gasteiger partial charge is 0.489 e. The second-order valence-corrected chi connectivity index (χ2v) is 6.63. The van der Waals surface area contributed by atoms with Crippen LogP contribution in [0.2, 0.25) is 5.02 Å². The van der Waals surface area contributed by atoms with E-state index in [1.807, 2.05) is 32.0 Å². The number of benzene rings is 1.